The van der Waals surface area contributed by atoms with Crippen molar-refractivity contribution in [1.29, 1.82) is 0 Å². The number of ether oxygens (including phenoxy) is 3. The average Bonchev–Trinajstić information content (AvgIpc) is 2.16. The van der Waals surface area contributed by atoms with Crippen LogP contribution in [0.4, 0.5) is 4.79 Å². The van der Waals surface area contributed by atoms with Crippen molar-refractivity contribution >= 4 is 6.16 Å². The minimum Gasteiger partial charge on any atom is -0.438 e. The van der Waals surface area contributed by atoms with Crippen molar-refractivity contribution in [2.75, 3.05) is 20.3 Å². The van der Waals surface area contributed by atoms with Gasteiger partial charge in [-0.2, -0.15) is 0 Å². The molecule has 0 aliphatic heterocycles. The Morgan fingerprint density at radius 2 is 2.07 bits per heavy atom. The van der Waals surface area contributed by atoms with Crippen LogP contribution < -0.4 is 0 Å². The lowest BCUT2D eigenvalue weighted by Gasteiger charge is -2.16. The van der Waals surface area contributed by atoms with Crippen LogP contribution in [-0.4, -0.2) is 32.1 Å². The lowest BCUT2D eigenvalue weighted by Crippen LogP contribution is -2.26. The first-order chi connectivity index (χ1) is 7.02. The first kappa shape index (κ1) is 13.4. The van der Waals surface area contributed by atoms with Crippen molar-refractivity contribution < 1.29 is 19.0 Å². The molecule has 0 aromatic heterocycles. The van der Waals surface area contributed by atoms with Gasteiger partial charge in [-0.25, -0.2) is 4.79 Å². The van der Waals surface area contributed by atoms with Crippen molar-refractivity contribution in [2.45, 2.75) is 19.4 Å². The third-order valence-electron chi connectivity index (χ3n) is 1.25. The fourth-order valence-electron chi connectivity index (χ4n) is 0.685. The largest absolute Gasteiger partial charge is 0.509 e. The minimum atomic E-state index is -0.896. The summed E-state index contributed by atoms with van der Waals surface area (Å²) in [6.45, 7) is 3.72. The van der Waals surface area contributed by atoms with E-state index >= 15 is 0 Å². The highest BCUT2D eigenvalue weighted by Crippen LogP contribution is 2.08. The van der Waals surface area contributed by atoms with Gasteiger partial charge in [0, 0.05) is 0 Å². The molecule has 0 aromatic carbocycles. The quantitative estimate of drug-likeness (QED) is 0.399. The third kappa shape index (κ3) is 7.42. The molecule has 0 aromatic rings. The molecular formula is C11H14O4. The Labute approximate surface area is 89.9 Å². The molecule has 0 N–H and O–H groups in total. The van der Waals surface area contributed by atoms with E-state index in [1.807, 2.05) is 0 Å². The molecule has 0 saturated carbocycles. The number of rotatable bonds is 3. The molecule has 0 saturated heterocycles. The highest BCUT2D eigenvalue weighted by Gasteiger charge is 2.19. The van der Waals surface area contributed by atoms with Gasteiger partial charge in [0.15, 0.2) is 5.60 Å². The summed E-state index contributed by atoms with van der Waals surface area (Å²) < 4.78 is 14.1. The number of hydrogen-bond donors (Lipinski definition) is 0. The summed E-state index contributed by atoms with van der Waals surface area (Å²) in [6, 6.07) is 0. The van der Waals surface area contributed by atoms with Gasteiger partial charge in [0.1, 0.15) is 13.2 Å². The highest BCUT2D eigenvalue weighted by atomic mass is 16.7. The molecule has 0 aliphatic carbocycles. The van der Waals surface area contributed by atoms with Gasteiger partial charge in [-0.05, 0) is 13.8 Å². The number of terminal acetylenes is 1. The lowest BCUT2D eigenvalue weighted by atomic mass is 10.1. The molecule has 4 heteroatoms. The lowest BCUT2D eigenvalue weighted by molar-refractivity contribution is 0.0220. The average molecular weight is 210 g/mol. The Balaban J connectivity index is 4.01. The van der Waals surface area contributed by atoms with E-state index in [4.69, 9.17) is 15.9 Å². The summed E-state index contributed by atoms with van der Waals surface area (Å²) in [4.78, 5) is 10.8. The number of hydrogen-bond acceptors (Lipinski definition) is 4. The topological polar surface area (TPSA) is 44.8 Å². The van der Waals surface area contributed by atoms with Gasteiger partial charge in [-0.15, -0.1) is 6.42 Å². The Morgan fingerprint density at radius 1 is 1.40 bits per heavy atom. The molecular weight excluding hydrogens is 196 g/mol. The van der Waals surface area contributed by atoms with E-state index < -0.39 is 11.8 Å². The normalized spacial score (nSPS) is 9.47. The second kappa shape index (κ2) is 6.75. The highest BCUT2D eigenvalue weighted by molar-refractivity contribution is 5.60. The van der Waals surface area contributed by atoms with E-state index in [0.29, 0.717) is 0 Å². The van der Waals surface area contributed by atoms with Gasteiger partial charge in [-0.1, -0.05) is 17.8 Å². The van der Waals surface area contributed by atoms with E-state index in [1.54, 1.807) is 13.8 Å². The summed E-state index contributed by atoms with van der Waals surface area (Å²) in [6.07, 6.45) is 4.21. The molecule has 0 rings (SSSR count). The monoisotopic (exact) mass is 210 g/mol. The van der Waals surface area contributed by atoms with E-state index in [2.05, 4.69) is 22.5 Å². The molecule has 15 heavy (non-hydrogen) atoms. The molecule has 0 fully saturated rings. The van der Waals surface area contributed by atoms with E-state index in [9.17, 15) is 4.79 Å². The molecule has 82 valence electrons. The molecule has 0 spiro atoms. The maximum Gasteiger partial charge on any atom is 0.509 e. The predicted octanol–water partition coefficient (Wildman–Crippen LogP) is 1.20. The van der Waals surface area contributed by atoms with Crippen LogP contribution >= 0.6 is 0 Å². The van der Waals surface area contributed by atoms with Crippen molar-refractivity contribution in [3.05, 3.63) is 0 Å². The Bertz CT molecular complexity index is 301. The van der Waals surface area contributed by atoms with Gasteiger partial charge in [0.2, 0.25) is 0 Å². The van der Waals surface area contributed by atoms with Crippen LogP contribution in [-0.2, 0) is 14.2 Å². The van der Waals surface area contributed by atoms with E-state index in [-0.39, 0.29) is 13.2 Å². The summed E-state index contributed by atoms with van der Waals surface area (Å²) >= 11 is 0. The summed E-state index contributed by atoms with van der Waals surface area (Å²) in [5, 5.41) is 0. The second-order valence-electron chi connectivity index (χ2n) is 3.07. The van der Waals surface area contributed by atoms with Crippen molar-refractivity contribution in [3.8, 4) is 24.2 Å². The summed E-state index contributed by atoms with van der Waals surface area (Å²) in [7, 11) is 1.24. The Kier molecular flexibility index (Phi) is 6.01. The van der Waals surface area contributed by atoms with Crippen LogP contribution in [0.3, 0.4) is 0 Å². The van der Waals surface area contributed by atoms with Crippen LogP contribution in [0.15, 0.2) is 0 Å². The molecule has 0 unspecified atom stereocenters. The van der Waals surface area contributed by atoms with Gasteiger partial charge >= 0.3 is 6.16 Å². The van der Waals surface area contributed by atoms with Crippen LogP contribution in [0.2, 0.25) is 0 Å². The molecule has 0 heterocycles. The summed E-state index contributed by atoms with van der Waals surface area (Å²) in [5.41, 5.74) is -0.896. The molecule has 0 radical (unpaired) electrons. The molecule has 0 atom stereocenters. The van der Waals surface area contributed by atoms with Crippen LogP contribution in [0.25, 0.3) is 0 Å². The van der Waals surface area contributed by atoms with Gasteiger partial charge in [0.05, 0.1) is 7.11 Å². The van der Waals surface area contributed by atoms with Crippen molar-refractivity contribution in [3.63, 3.8) is 0 Å². The standard InChI is InChI=1S/C11H14O4/c1-5-8-14-9-6-7-11(2,3)15-10(12)13-4/h1H,8-9H2,2-4H3. The smallest absolute Gasteiger partial charge is 0.438 e. The van der Waals surface area contributed by atoms with Gasteiger partial charge < -0.3 is 14.2 Å². The summed E-state index contributed by atoms with van der Waals surface area (Å²) in [5.74, 6) is 7.72. The number of methoxy groups -OCH3 is 1. The molecule has 0 bridgehead atoms. The van der Waals surface area contributed by atoms with Crippen molar-refractivity contribution in [1.82, 2.24) is 0 Å². The molecule has 0 aliphatic rings. The van der Waals surface area contributed by atoms with Crippen LogP contribution in [0.5, 0.6) is 0 Å². The SMILES string of the molecule is C#CCOCC#CC(C)(C)OC(=O)OC. The Hall–Kier alpha value is -1.65. The third-order valence-corrected chi connectivity index (χ3v) is 1.25. The van der Waals surface area contributed by atoms with Crippen LogP contribution in [0.1, 0.15) is 13.8 Å². The fourth-order valence-corrected chi connectivity index (χ4v) is 0.685. The predicted molar refractivity (Wildman–Crippen MR) is 55.0 cm³/mol. The van der Waals surface area contributed by atoms with E-state index in [0.717, 1.165) is 0 Å². The first-order valence-corrected chi connectivity index (χ1v) is 4.30. The number of carbonyl (C=O) groups is 1. The maximum absolute atomic E-state index is 10.8. The zero-order valence-electron chi connectivity index (χ0n) is 9.12. The van der Waals surface area contributed by atoms with Gasteiger partial charge in [0.25, 0.3) is 0 Å². The fraction of sp³-hybridized carbons (Fsp3) is 0.545. The zero-order chi connectivity index (χ0) is 11.7. The first-order valence-electron chi connectivity index (χ1n) is 4.30. The molecule has 0 amide bonds. The molecule has 4 nitrogen and oxygen atoms in total. The van der Waals surface area contributed by atoms with Gasteiger partial charge in [-0.3, -0.25) is 0 Å². The van der Waals surface area contributed by atoms with Crippen LogP contribution in [0, 0.1) is 24.2 Å². The minimum absolute atomic E-state index is 0.207. The van der Waals surface area contributed by atoms with Crippen molar-refractivity contribution in [2.24, 2.45) is 0 Å². The number of carbonyl (C=O) groups excluding carboxylic acids is 1. The zero-order valence-corrected chi connectivity index (χ0v) is 9.12. The Morgan fingerprint density at radius 3 is 2.60 bits per heavy atom. The second-order valence-corrected chi connectivity index (χ2v) is 3.07. The maximum atomic E-state index is 10.8. The van der Waals surface area contributed by atoms with E-state index in [1.165, 1.54) is 7.11 Å².